The molecule has 0 aromatic heterocycles. The fourth-order valence-corrected chi connectivity index (χ4v) is 0. The van der Waals surface area contributed by atoms with Crippen molar-refractivity contribution < 1.29 is 18.9 Å². The standard InChI is InChI=1S/C2H6N.ClH.Ta/c1-3-2;;/h1-2H3;1H;/q-1;;+2/p-1. The molecule has 31 valence electrons. The van der Waals surface area contributed by atoms with Gasteiger partial charge in [-0.3, -0.25) is 0 Å². The number of hydrogen-bond acceptors (Lipinski definition) is 1. The SMILES string of the molecule is C[N](C)[Ta][Cl]. The van der Waals surface area contributed by atoms with Crippen LogP contribution in [0.1, 0.15) is 0 Å². The number of halogens is 1. The quantitative estimate of drug-likeness (QED) is 0.671. The first-order valence-corrected chi connectivity index (χ1v) is 6.68. The predicted octanol–water partition coefficient (Wildman–Crippen LogP) is 0.699. The van der Waals surface area contributed by atoms with Gasteiger partial charge < -0.3 is 0 Å². The molecule has 0 saturated carbocycles. The molecule has 0 atom stereocenters. The molecule has 0 aliphatic heterocycles. The first-order chi connectivity index (χ1) is 2.27. The van der Waals surface area contributed by atoms with Gasteiger partial charge in [0.2, 0.25) is 0 Å². The van der Waals surface area contributed by atoms with Crippen LogP contribution in [0.4, 0.5) is 0 Å². The van der Waals surface area contributed by atoms with Gasteiger partial charge in [-0.15, -0.1) is 0 Å². The molecule has 0 heterocycles. The summed E-state index contributed by atoms with van der Waals surface area (Å²) >= 11 is -0.633. The van der Waals surface area contributed by atoms with E-state index in [-0.39, 0.29) is 0 Å². The molecule has 0 aromatic carbocycles. The van der Waals surface area contributed by atoms with E-state index in [4.69, 9.17) is 9.19 Å². The normalized spacial score (nSPS) is 8.80. The third-order valence-electron chi connectivity index (χ3n) is 0.151. The third kappa shape index (κ3) is 4.99. The molecule has 3 heteroatoms. The Morgan fingerprint density at radius 2 is 1.80 bits per heavy atom. The second-order valence-electron chi connectivity index (χ2n) is 0.923. The number of nitrogens with zero attached hydrogens (tertiary/aromatic N) is 1. The van der Waals surface area contributed by atoms with Gasteiger partial charge in [0.05, 0.1) is 0 Å². The summed E-state index contributed by atoms with van der Waals surface area (Å²) in [5.74, 6) is 0. The molecule has 0 N–H and O–H groups in total. The summed E-state index contributed by atoms with van der Waals surface area (Å²) in [6.45, 7) is 0. The Labute approximate surface area is 45.8 Å². The molecule has 0 saturated heterocycles. The van der Waals surface area contributed by atoms with Crippen molar-refractivity contribution in [2.75, 3.05) is 14.1 Å². The molecule has 0 aromatic rings. The van der Waals surface area contributed by atoms with Crippen molar-refractivity contribution in [1.82, 2.24) is 3.30 Å². The zero-order valence-electron chi connectivity index (χ0n) is 3.27. The first-order valence-electron chi connectivity index (χ1n) is 1.26. The number of hydrogen-bond donors (Lipinski definition) is 0. The summed E-state index contributed by atoms with van der Waals surface area (Å²) in [7, 11) is 9.45. The van der Waals surface area contributed by atoms with Crippen LogP contribution < -0.4 is 0 Å². The van der Waals surface area contributed by atoms with Gasteiger partial charge in [0.25, 0.3) is 0 Å². The molecule has 0 bridgehead atoms. The van der Waals surface area contributed by atoms with Crippen LogP contribution in [0.2, 0.25) is 0 Å². The van der Waals surface area contributed by atoms with Gasteiger partial charge in [0.1, 0.15) is 0 Å². The van der Waals surface area contributed by atoms with Crippen LogP contribution in [0.25, 0.3) is 0 Å². The predicted molar refractivity (Wildman–Crippen MR) is 19.5 cm³/mol. The van der Waals surface area contributed by atoms with Crippen LogP contribution >= 0.6 is 9.19 Å². The molecule has 1 nitrogen and oxygen atoms in total. The van der Waals surface area contributed by atoms with Crippen LogP contribution in [0, 0.1) is 0 Å². The second kappa shape index (κ2) is 3.19. The fraction of sp³-hybridized carbons (Fsp3) is 1.00. The summed E-state index contributed by atoms with van der Waals surface area (Å²) in [6, 6.07) is 0. The van der Waals surface area contributed by atoms with E-state index in [9.17, 15) is 0 Å². The van der Waals surface area contributed by atoms with Crippen LogP contribution in [-0.4, -0.2) is 17.4 Å². The minimum absolute atomic E-state index is 0.633. The van der Waals surface area contributed by atoms with Gasteiger partial charge in [-0.2, -0.15) is 0 Å². The average molecular weight is 260 g/mol. The van der Waals surface area contributed by atoms with Crippen molar-refractivity contribution in [3.8, 4) is 0 Å². The van der Waals surface area contributed by atoms with Crippen molar-refractivity contribution in [2.24, 2.45) is 0 Å². The molecule has 5 heavy (non-hydrogen) atoms. The molecular formula is C2H6ClNTa. The van der Waals surface area contributed by atoms with Crippen LogP contribution in [0.3, 0.4) is 0 Å². The van der Waals surface area contributed by atoms with Crippen molar-refractivity contribution >= 4 is 9.19 Å². The Kier molecular flexibility index (Phi) is 3.82. The van der Waals surface area contributed by atoms with Gasteiger partial charge in [-0.1, -0.05) is 0 Å². The minimum atomic E-state index is -0.633. The summed E-state index contributed by atoms with van der Waals surface area (Å²) in [6.07, 6.45) is 0. The Morgan fingerprint density at radius 3 is 1.80 bits per heavy atom. The van der Waals surface area contributed by atoms with E-state index < -0.39 is 18.9 Å². The van der Waals surface area contributed by atoms with Crippen LogP contribution in [-0.2, 0) is 18.9 Å². The molecule has 0 spiro atoms. The topological polar surface area (TPSA) is 3.24 Å². The molecular weight excluding hydrogens is 254 g/mol. The summed E-state index contributed by atoms with van der Waals surface area (Å²) < 4.78 is 2.07. The van der Waals surface area contributed by atoms with Gasteiger partial charge >= 0.3 is 45.5 Å². The molecule has 0 unspecified atom stereocenters. The molecule has 0 fully saturated rings. The zero-order chi connectivity index (χ0) is 4.28. The monoisotopic (exact) mass is 260 g/mol. The van der Waals surface area contributed by atoms with E-state index in [1.807, 2.05) is 14.1 Å². The first kappa shape index (κ1) is 5.99. The maximum absolute atomic E-state index is 5.44. The molecule has 0 aliphatic rings. The average Bonchev–Trinajstić information content (AvgIpc) is 1.38. The summed E-state index contributed by atoms with van der Waals surface area (Å²) in [4.78, 5) is 0. The van der Waals surface area contributed by atoms with Crippen LogP contribution in [0.5, 0.6) is 0 Å². The maximum atomic E-state index is 5.44. The van der Waals surface area contributed by atoms with Crippen LogP contribution in [0.15, 0.2) is 0 Å². The second-order valence-corrected chi connectivity index (χ2v) is 5.58. The third-order valence-corrected chi connectivity index (χ3v) is 3.71. The Bertz CT molecular complexity index is 23.6. The van der Waals surface area contributed by atoms with Gasteiger partial charge in [-0.25, -0.2) is 0 Å². The molecule has 0 radical (unpaired) electrons. The van der Waals surface area contributed by atoms with Gasteiger partial charge in [0.15, 0.2) is 0 Å². The van der Waals surface area contributed by atoms with E-state index in [0.29, 0.717) is 0 Å². The van der Waals surface area contributed by atoms with E-state index in [0.717, 1.165) is 0 Å². The van der Waals surface area contributed by atoms with Crippen molar-refractivity contribution in [2.45, 2.75) is 0 Å². The Morgan fingerprint density at radius 1 is 1.60 bits per heavy atom. The summed E-state index contributed by atoms with van der Waals surface area (Å²) in [5, 5.41) is 0. The zero-order valence-corrected chi connectivity index (χ0v) is 7.24. The van der Waals surface area contributed by atoms with Crippen molar-refractivity contribution in [3.05, 3.63) is 0 Å². The van der Waals surface area contributed by atoms with Gasteiger partial charge in [-0.05, 0) is 0 Å². The molecule has 0 rings (SSSR count). The van der Waals surface area contributed by atoms with E-state index in [1.165, 1.54) is 0 Å². The Hall–Kier alpha value is 0.990. The van der Waals surface area contributed by atoms with Crippen molar-refractivity contribution in [3.63, 3.8) is 0 Å². The fourth-order valence-electron chi connectivity index (χ4n) is 0. The Balaban J connectivity index is 2.54. The summed E-state index contributed by atoms with van der Waals surface area (Å²) in [5.41, 5.74) is 0. The van der Waals surface area contributed by atoms with Gasteiger partial charge in [0, 0.05) is 0 Å². The van der Waals surface area contributed by atoms with Crippen molar-refractivity contribution in [1.29, 1.82) is 0 Å². The molecule has 0 amide bonds. The van der Waals surface area contributed by atoms with E-state index >= 15 is 0 Å². The van der Waals surface area contributed by atoms with E-state index in [1.54, 1.807) is 0 Å². The van der Waals surface area contributed by atoms with E-state index in [2.05, 4.69) is 3.30 Å². The molecule has 0 aliphatic carbocycles. The number of rotatable bonds is 1.